The van der Waals surface area contributed by atoms with Crippen LogP contribution in [0.25, 0.3) is 0 Å². The van der Waals surface area contributed by atoms with E-state index in [-0.39, 0.29) is 17.8 Å². The largest absolute Gasteiger partial charge is 0.508 e. The first-order valence-electron chi connectivity index (χ1n) is 6.65. The first-order valence-corrected chi connectivity index (χ1v) is 6.65. The molecule has 1 saturated heterocycles. The highest BCUT2D eigenvalue weighted by molar-refractivity contribution is 5.35. The van der Waals surface area contributed by atoms with Gasteiger partial charge in [0.15, 0.2) is 0 Å². The summed E-state index contributed by atoms with van der Waals surface area (Å²) in [6.07, 6.45) is 0. The van der Waals surface area contributed by atoms with Crippen molar-refractivity contribution in [3.05, 3.63) is 29.6 Å². The van der Waals surface area contributed by atoms with Crippen molar-refractivity contribution in [1.82, 2.24) is 9.80 Å². The van der Waals surface area contributed by atoms with Crippen LogP contribution in [0.1, 0.15) is 18.5 Å². The Morgan fingerprint density at radius 3 is 2.84 bits per heavy atom. The number of nitrogens with zero attached hydrogens (tertiary/aromatic N) is 2. The Kier molecular flexibility index (Phi) is 4.39. The lowest BCUT2D eigenvalue weighted by atomic mass is 10.0. The van der Waals surface area contributed by atoms with E-state index in [1.807, 2.05) is 6.92 Å². The van der Waals surface area contributed by atoms with Crippen LogP contribution < -0.4 is 5.73 Å². The maximum absolute atomic E-state index is 13.0. The van der Waals surface area contributed by atoms with E-state index in [1.54, 1.807) is 6.07 Å². The average molecular weight is 267 g/mol. The molecule has 1 aromatic carbocycles. The quantitative estimate of drug-likeness (QED) is 0.863. The lowest BCUT2D eigenvalue weighted by molar-refractivity contribution is 0.0612. The minimum Gasteiger partial charge on any atom is -0.508 e. The highest BCUT2D eigenvalue weighted by Crippen LogP contribution is 2.31. The van der Waals surface area contributed by atoms with Crippen molar-refractivity contribution in [3.8, 4) is 5.75 Å². The van der Waals surface area contributed by atoms with Crippen LogP contribution in [0.4, 0.5) is 4.39 Å². The van der Waals surface area contributed by atoms with Gasteiger partial charge in [-0.3, -0.25) is 4.90 Å². The van der Waals surface area contributed by atoms with Gasteiger partial charge in [0.1, 0.15) is 11.6 Å². The average Bonchev–Trinajstić information content (AvgIpc) is 2.37. The second-order valence-corrected chi connectivity index (χ2v) is 5.27. The second-order valence-electron chi connectivity index (χ2n) is 5.27. The predicted molar refractivity (Wildman–Crippen MR) is 73.5 cm³/mol. The van der Waals surface area contributed by atoms with Gasteiger partial charge in [-0.15, -0.1) is 0 Å². The number of hydrogen-bond donors (Lipinski definition) is 2. The van der Waals surface area contributed by atoms with Gasteiger partial charge in [0.2, 0.25) is 0 Å². The summed E-state index contributed by atoms with van der Waals surface area (Å²) in [7, 11) is 2.08. The number of phenolic OH excluding ortho intramolecular Hbond substituents is 1. The topological polar surface area (TPSA) is 52.7 Å². The van der Waals surface area contributed by atoms with Crippen LogP contribution in [0.3, 0.4) is 0 Å². The molecule has 1 aliphatic heterocycles. The summed E-state index contributed by atoms with van der Waals surface area (Å²) >= 11 is 0. The predicted octanol–water partition coefficient (Wildman–Crippen LogP) is 1.17. The van der Waals surface area contributed by atoms with Crippen LogP contribution in [0.5, 0.6) is 5.75 Å². The normalized spacial score (nSPS) is 23.5. The van der Waals surface area contributed by atoms with Crippen LogP contribution in [0.2, 0.25) is 0 Å². The molecule has 5 heteroatoms. The molecule has 1 fully saturated rings. The van der Waals surface area contributed by atoms with Gasteiger partial charge in [-0.1, -0.05) is 6.07 Å². The number of hydrogen-bond acceptors (Lipinski definition) is 4. The van der Waals surface area contributed by atoms with Crippen molar-refractivity contribution in [1.29, 1.82) is 0 Å². The Labute approximate surface area is 113 Å². The Balaban J connectivity index is 2.20. The fourth-order valence-corrected chi connectivity index (χ4v) is 2.79. The molecule has 2 rings (SSSR count). The van der Waals surface area contributed by atoms with Crippen LogP contribution in [0.15, 0.2) is 18.2 Å². The number of halogens is 1. The van der Waals surface area contributed by atoms with Crippen LogP contribution in [0, 0.1) is 5.82 Å². The van der Waals surface area contributed by atoms with E-state index < -0.39 is 5.82 Å². The van der Waals surface area contributed by atoms with Gasteiger partial charge >= 0.3 is 0 Å². The molecular formula is C14H22FN3O. The number of aromatic hydroxyl groups is 1. The molecule has 0 bridgehead atoms. The molecule has 19 heavy (non-hydrogen) atoms. The summed E-state index contributed by atoms with van der Waals surface area (Å²) in [5.41, 5.74) is 6.60. The Morgan fingerprint density at radius 1 is 1.47 bits per heavy atom. The van der Waals surface area contributed by atoms with Gasteiger partial charge in [0.25, 0.3) is 0 Å². The molecule has 0 saturated carbocycles. The van der Waals surface area contributed by atoms with Gasteiger partial charge in [0.05, 0.1) is 0 Å². The highest BCUT2D eigenvalue weighted by Gasteiger charge is 2.29. The van der Waals surface area contributed by atoms with E-state index >= 15 is 0 Å². The highest BCUT2D eigenvalue weighted by atomic mass is 19.1. The number of nitrogens with two attached hydrogens (primary N) is 1. The molecule has 3 N–H and O–H groups in total. The lowest BCUT2D eigenvalue weighted by Gasteiger charge is -2.43. The number of piperazine rings is 1. The van der Waals surface area contributed by atoms with Crippen molar-refractivity contribution in [2.75, 3.05) is 33.2 Å². The van der Waals surface area contributed by atoms with Crippen molar-refractivity contribution in [2.24, 2.45) is 5.73 Å². The molecule has 0 amide bonds. The Morgan fingerprint density at radius 2 is 2.21 bits per heavy atom. The molecule has 0 radical (unpaired) electrons. The van der Waals surface area contributed by atoms with Crippen LogP contribution >= 0.6 is 0 Å². The van der Waals surface area contributed by atoms with Gasteiger partial charge in [-0.25, -0.2) is 4.39 Å². The van der Waals surface area contributed by atoms with E-state index in [9.17, 15) is 9.50 Å². The maximum Gasteiger partial charge on any atom is 0.126 e. The van der Waals surface area contributed by atoms with Crippen LogP contribution in [-0.2, 0) is 0 Å². The number of rotatable bonds is 3. The molecule has 0 aliphatic carbocycles. The zero-order valence-corrected chi connectivity index (χ0v) is 11.5. The molecule has 0 spiro atoms. The van der Waals surface area contributed by atoms with Gasteiger partial charge < -0.3 is 15.7 Å². The smallest absolute Gasteiger partial charge is 0.126 e. The van der Waals surface area contributed by atoms with E-state index in [0.717, 1.165) is 25.2 Å². The minimum absolute atomic E-state index is 0.0159. The molecule has 106 valence electrons. The third-order valence-corrected chi connectivity index (χ3v) is 3.94. The van der Waals surface area contributed by atoms with Gasteiger partial charge in [0, 0.05) is 49.9 Å². The van der Waals surface area contributed by atoms with Crippen LogP contribution in [-0.4, -0.2) is 54.2 Å². The summed E-state index contributed by atoms with van der Waals surface area (Å²) in [4.78, 5) is 4.54. The molecule has 1 heterocycles. The molecule has 2 atom stereocenters. The van der Waals surface area contributed by atoms with Crippen molar-refractivity contribution in [2.45, 2.75) is 19.0 Å². The van der Waals surface area contributed by atoms with Gasteiger partial charge in [-0.2, -0.15) is 0 Å². The summed E-state index contributed by atoms with van der Waals surface area (Å²) in [6.45, 7) is 5.40. The van der Waals surface area contributed by atoms with E-state index in [1.165, 1.54) is 12.1 Å². The molecule has 1 aliphatic rings. The molecular weight excluding hydrogens is 245 g/mol. The zero-order chi connectivity index (χ0) is 14.0. The maximum atomic E-state index is 13.0. The van der Waals surface area contributed by atoms with E-state index in [0.29, 0.717) is 6.54 Å². The van der Waals surface area contributed by atoms with Crippen molar-refractivity contribution in [3.63, 3.8) is 0 Å². The van der Waals surface area contributed by atoms with Crippen molar-refractivity contribution < 1.29 is 9.50 Å². The second kappa shape index (κ2) is 5.86. The number of likely N-dealkylation sites (N-methyl/N-ethyl adjacent to an activating group) is 1. The number of benzene rings is 1. The fraction of sp³-hybridized carbons (Fsp3) is 0.571. The lowest BCUT2D eigenvalue weighted by Crippen LogP contribution is -2.55. The first kappa shape index (κ1) is 14.2. The molecule has 1 aromatic rings. The SMILES string of the molecule is CC(c1ccc(F)cc1O)N1CCN(C)CC1CN. The first-order chi connectivity index (χ1) is 9.02. The molecule has 4 nitrogen and oxygen atoms in total. The summed E-state index contributed by atoms with van der Waals surface area (Å²) in [5.74, 6) is -0.399. The summed E-state index contributed by atoms with van der Waals surface area (Å²) < 4.78 is 13.0. The Bertz CT molecular complexity index is 441. The zero-order valence-electron chi connectivity index (χ0n) is 11.5. The third kappa shape index (κ3) is 3.05. The summed E-state index contributed by atoms with van der Waals surface area (Å²) in [6, 6.07) is 4.50. The standard InChI is InChI=1S/C14H22FN3O/c1-10(13-4-3-11(15)7-14(13)19)18-6-5-17(2)9-12(18)8-16/h3-4,7,10,12,19H,5-6,8-9,16H2,1-2H3. The van der Waals surface area contributed by atoms with E-state index in [4.69, 9.17) is 5.73 Å². The summed E-state index contributed by atoms with van der Waals surface area (Å²) in [5, 5.41) is 9.90. The monoisotopic (exact) mass is 267 g/mol. The number of phenols is 1. The van der Waals surface area contributed by atoms with E-state index in [2.05, 4.69) is 16.8 Å². The fourth-order valence-electron chi connectivity index (χ4n) is 2.79. The minimum atomic E-state index is -0.415. The van der Waals surface area contributed by atoms with Gasteiger partial charge in [-0.05, 0) is 20.0 Å². The van der Waals surface area contributed by atoms with Crippen molar-refractivity contribution >= 4 is 0 Å². The molecule has 2 unspecified atom stereocenters. The molecule has 0 aromatic heterocycles. The Hall–Kier alpha value is -1.17. The third-order valence-electron chi connectivity index (χ3n) is 3.94.